The summed E-state index contributed by atoms with van der Waals surface area (Å²) in [6.07, 6.45) is 9.50. The van der Waals surface area contributed by atoms with Crippen LogP contribution in [0.1, 0.15) is 6.42 Å². The zero-order chi connectivity index (χ0) is 23.8. The van der Waals surface area contributed by atoms with Crippen LogP contribution in [0.25, 0.3) is 0 Å². The first-order chi connectivity index (χ1) is 16.9. The molecule has 0 saturated carbocycles. The third-order valence-electron chi connectivity index (χ3n) is 5.21. The molecule has 0 unspecified atom stereocenters. The standard InChI is InChI=1S/C25H22P2.C5H6.ClH.Ru/c1-5-13-22(14-6-1)26(23-15-7-2-8-16-23)21-27(24-17-9-3-10-18-24)25-19-11-4-12-20-25;1-2-4-5-3-1;;/h1-20H,21H2;1-4H,5H2;1H;/q;;;+1/p-1. The van der Waals surface area contributed by atoms with Crippen LogP contribution in [0.5, 0.6) is 0 Å². The molecule has 0 atom stereocenters. The molecule has 0 nitrogen and oxygen atoms in total. The summed E-state index contributed by atoms with van der Waals surface area (Å²) >= 11 is 1.82. The van der Waals surface area contributed by atoms with Crippen molar-refractivity contribution in [3.8, 4) is 0 Å². The van der Waals surface area contributed by atoms with Crippen LogP contribution >= 0.6 is 25.5 Å². The second-order valence-electron chi connectivity index (χ2n) is 7.43. The van der Waals surface area contributed by atoms with E-state index in [2.05, 4.69) is 155 Å². The van der Waals surface area contributed by atoms with Gasteiger partial charge in [-0.3, -0.25) is 0 Å². The van der Waals surface area contributed by atoms with Crippen molar-refractivity contribution in [3.63, 3.8) is 0 Å². The fraction of sp³-hybridized carbons (Fsp3) is 0.0667. The molecule has 1 aliphatic rings. The summed E-state index contributed by atoms with van der Waals surface area (Å²) in [7, 11) is 3.75. The molecule has 0 spiro atoms. The summed E-state index contributed by atoms with van der Waals surface area (Å²) in [5.41, 5.74) is 0. The molecule has 0 N–H and O–H groups in total. The number of halogens is 1. The Morgan fingerprint density at radius 3 is 0.941 bits per heavy atom. The molecule has 0 radical (unpaired) electrons. The van der Waals surface area contributed by atoms with E-state index in [0.717, 1.165) is 6.42 Å². The zero-order valence-electron chi connectivity index (χ0n) is 18.9. The molecule has 1 aliphatic carbocycles. The molecule has 0 amide bonds. The molecule has 0 aromatic heterocycles. The third-order valence-corrected chi connectivity index (χ3v) is 11.2. The Morgan fingerprint density at radius 2 is 0.735 bits per heavy atom. The molecular formula is C30H28ClP2Ru. The fourth-order valence-electron chi connectivity index (χ4n) is 3.59. The van der Waals surface area contributed by atoms with Crippen molar-refractivity contribution in [3.05, 3.63) is 146 Å². The van der Waals surface area contributed by atoms with E-state index >= 15 is 0 Å². The van der Waals surface area contributed by atoms with E-state index in [0.29, 0.717) is 0 Å². The monoisotopic (exact) mass is 587 g/mol. The molecule has 0 heterocycles. The number of benzene rings is 4. The minimum Gasteiger partial charge on any atom is -0.0622 e. The van der Waals surface area contributed by atoms with E-state index in [-0.39, 0.29) is 0 Å². The van der Waals surface area contributed by atoms with Crippen LogP contribution in [0.3, 0.4) is 0 Å². The van der Waals surface area contributed by atoms with Crippen molar-refractivity contribution >= 4 is 46.8 Å². The number of allylic oxidation sites excluding steroid dienone is 4. The average molecular weight is 587 g/mol. The maximum atomic E-state index is 4.57. The van der Waals surface area contributed by atoms with Crippen molar-refractivity contribution in [2.45, 2.75) is 6.42 Å². The largest absolute Gasteiger partial charge is 0.0622 e. The van der Waals surface area contributed by atoms with Crippen LogP contribution in [0.15, 0.2) is 146 Å². The van der Waals surface area contributed by atoms with Gasteiger partial charge in [0.15, 0.2) is 0 Å². The van der Waals surface area contributed by atoms with Gasteiger partial charge in [0.1, 0.15) is 0 Å². The number of hydrogen-bond donors (Lipinski definition) is 0. The van der Waals surface area contributed by atoms with Crippen molar-refractivity contribution in [1.29, 1.82) is 0 Å². The first-order valence-corrected chi connectivity index (χ1v) is 16.4. The van der Waals surface area contributed by atoms with E-state index in [1.54, 1.807) is 0 Å². The quantitative estimate of drug-likeness (QED) is 0.163. The van der Waals surface area contributed by atoms with Crippen LogP contribution in [0, 0.1) is 0 Å². The van der Waals surface area contributed by atoms with Crippen molar-refractivity contribution in [2.24, 2.45) is 0 Å². The predicted molar refractivity (Wildman–Crippen MR) is 152 cm³/mol. The average Bonchev–Trinajstić information content (AvgIpc) is 3.53. The van der Waals surface area contributed by atoms with Gasteiger partial charge in [0.25, 0.3) is 0 Å². The van der Waals surface area contributed by atoms with Gasteiger partial charge in [-0.25, -0.2) is 0 Å². The molecule has 173 valence electrons. The van der Waals surface area contributed by atoms with Gasteiger partial charge in [-0.2, -0.15) is 0 Å². The van der Waals surface area contributed by atoms with Gasteiger partial charge in [-0.15, -0.1) is 0 Å². The SMILES string of the molecule is C1=CCC=C1.[Cl][Ru].c1ccc(P(CP(c2ccccc2)c2ccccc2)c2ccccc2)cc1. The molecule has 0 saturated heterocycles. The molecule has 0 fully saturated rings. The van der Waals surface area contributed by atoms with Crippen LogP contribution in [0.2, 0.25) is 0 Å². The Hall–Kier alpha value is -1.87. The number of hydrogen-bond acceptors (Lipinski definition) is 0. The molecular weight excluding hydrogens is 559 g/mol. The van der Waals surface area contributed by atoms with Gasteiger partial charge in [0.2, 0.25) is 0 Å². The van der Waals surface area contributed by atoms with Gasteiger partial charge in [-0.05, 0) is 43.5 Å². The van der Waals surface area contributed by atoms with E-state index in [1.165, 1.54) is 27.1 Å². The van der Waals surface area contributed by atoms with Crippen LogP contribution < -0.4 is 21.2 Å². The summed E-state index contributed by atoms with van der Waals surface area (Å²) < 4.78 is 0. The maximum absolute atomic E-state index is 4.57. The van der Waals surface area contributed by atoms with Crippen LogP contribution in [0.4, 0.5) is 0 Å². The van der Waals surface area contributed by atoms with Gasteiger partial charge in [0.05, 0.1) is 0 Å². The second kappa shape index (κ2) is 15.9. The normalized spacial score (nSPS) is 11.5. The smallest absolute Gasteiger partial charge is 0.00405 e. The van der Waals surface area contributed by atoms with Crippen LogP contribution in [-0.2, 0) is 17.3 Å². The van der Waals surface area contributed by atoms with Crippen molar-refractivity contribution in [1.82, 2.24) is 0 Å². The third kappa shape index (κ3) is 8.41. The Kier molecular flexibility index (Phi) is 12.5. The van der Waals surface area contributed by atoms with Gasteiger partial charge < -0.3 is 0 Å². The molecule has 0 bridgehead atoms. The van der Waals surface area contributed by atoms with Gasteiger partial charge in [0, 0.05) is 5.90 Å². The minimum absolute atomic E-state index is 0.409. The first kappa shape index (κ1) is 26.7. The summed E-state index contributed by atoms with van der Waals surface area (Å²) in [6.45, 7) is 0. The Labute approximate surface area is 221 Å². The van der Waals surface area contributed by atoms with Crippen LogP contribution in [-0.4, -0.2) is 5.90 Å². The molecule has 4 aromatic carbocycles. The van der Waals surface area contributed by atoms with E-state index in [1.807, 2.05) is 17.3 Å². The maximum Gasteiger partial charge on any atom is 0.00405 e. The Bertz CT molecular complexity index is 948. The topological polar surface area (TPSA) is 0 Å². The molecule has 34 heavy (non-hydrogen) atoms. The second-order valence-corrected chi connectivity index (χ2v) is 12.3. The molecule has 0 aliphatic heterocycles. The van der Waals surface area contributed by atoms with E-state index < -0.39 is 15.8 Å². The fourth-order valence-corrected chi connectivity index (χ4v) is 10.1. The minimum atomic E-state index is -0.409. The van der Waals surface area contributed by atoms with E-state index in [9.17, 15) is 0 Å². The summed E-state index contributed by atoms with van der Waals surface area (Å²) in [4.78, 5) is 0. The summed E-state index contributed by atoms with van der Waals surface area (Å²) in [5.74, 6) is 1.17. The first-order valence-electron chi connectivity index (χ1n) is 11.1. The van der Waals surface area contributed by atoms with Crippen molar-refractivity contribution in [2.75, 3.05) is 5.90 Å². The number of rotatable bonds is 6. The zero-order valence-corrected chi connectivity index (χ0v) is 23.2. The molecule has 4 heteroatoms. The van der Waals surface area contributed by atoms with Gasteiger partial charge in [-0.1, -0.05) is 146 Å². The Balaban J connectivity index is 0.000000404. The molecule has 5 rings (SSSR count). The van der Waals surface area contributed by atoms with E-state index in [4.69, 9.17) is 0 Å². The predicted octanol–water partition coefficient (Wildman–Crippen LogP) is 7.40. The molecule has 4 aromatic rings. The Morgan fingerprint density at radius 1 is 0.471 bits per heavy atom. The van der Waals surface area contributed by atoms with Gasteiger partial charge >= 0.3 is 27.0 Å². The summed E-state index contributed by atoms with van der Waals surface area (Å²) in [5, 5.41) is 5.83. The summed E-state index contributed by atoms with van der Waals surface area (Å²) in [6, 6.07) is 44.1. The van der Waals surface area contributed by atoms with Crippen molar-refractivity contribution < 1.29 is 17.3 Å².